The number of nitrogens with zero attached hydrogens (tertiary/aromatic N) is 4. The third-order valence-corrected chi connectivity index (χ3v) is 5.13. The number of rotatable bonds is 7. The number of nitrogens with one attached hydrogen (secondary N) is 2. The molecule has 0 aliphatic heterocycles. The number of carbonyl (C=O) groups excluding carboxylic acids is 1. The molecular weight excluding hydrogens is 523 g/mol. The summed E-state index contributed by atoms with van der Waals surface area (Å²) in [6.07, 6.45) is 1.75. The number of aromatic nitrogens is 3. The van der Waals surface area contributed by atoms with Gasteiger partial charge in [0, 0.05) is 22.7 Å². The van der Waals surface area contributed by atoms with Crippen LogP contribution in [0.25, 0.3) is 5.65 Å². The normalized spacial score (nSPS) is 11.1. The zero-order chi connectivity index (χ0) is 19.4. The molecule has 0 bridgehead atoms. The van der Waals surface area contributed by atoms with E-state index in [4.69, 9.17) is 0 Å². The van der Waals surface area contributed by atoms with Gasteiger partial charge in [0.15, 0.2) is 5.65 Å². The summed E-state index contributed by atoms with van der Waals surface area (Å²) in [7, 11) is 3.73. The highest BCUT2D eigenvalue weighted by molar-refractivity contribution is 14.1. The minimum absolute atomic E-state index is 0.0272. The zero-order valence-corrected chi connectivity index (χ0v) is 18.8. The van der Waals surface area contributed by atoms with E-state index in [0.717, 1.165) is 37.3 Å². The Morgan fingerprint density at radius 2 is 2.04 bits per heavy atom. The summed E-state index contributed by atoms with van der Waals surface area (Å²) in [5.74, 6) is 0.862. The Hall–Kier alpha value is -1.72. The maximum Gasteiger partial charge on any atom is 0.238 e. The molecule has 0 unspecified atom stereocenters. The van der Waals surface area contributed by atoms with E-state index in [1.165, 1.54) is 0 Å². The topological polar surface area (TPSA) is 74.6 Å². The van der Waals surface area contributed by atoms with Gasteiger partial charge in [-0.2, -0.15) is 9.61 Å². The van der Waals surface area contributed by atoms with Gasteiger partial charge in [-0.1, -0.05) is 34.7 Å². The number of carbonyl (C=O) groups is 1. The fourth-order valence-corrected chi connectivity index (χ4v) is 3.31. The lowest BCUT2D eigenvalue weighted by atomic mass is 10.2. The van der Waals surface area contributed by atoms with Crippen LogP contribution in [0.15, 0.2) is 41.0 Å². The molecule has 2 heterocycles. The van der Waals surface area contributed by atoms with Crippen molar-refractivity contribution in [2.24, 2.45) is 0 Å². The smallest absolute Gasteiger partial charge is 0.238 e. The molecule has 142 valence electrons. The van der Waals surface area contributed by atoms with Crippen LogP contribution in [0, 0.1) is 0 Å². The van der Waals surface area contributed by atoms with Gasteiger partial charge in [-0.25, -0.2) is 4.98 Å². The molecule has 0 radical (unpaired) electrons. The van der Waals surface area contributed by atoms with Crippen LogP contribution in [-0.2, 0) is 15.8 Å². The number of fused-ring (bicyclic) bond motifs is 1. The van der Waals surface area contributed by atoms with Crippen molar-refractivity contribution >= 4 is 61.6 Å². The highest BCUT2D eigenvalue weighted by Gasteiger charge is 2.10. The number of anilines is 2. The second kappa shape index (κ2) is 8.98. The monoisotopic (exact) mass is 542 g/mol. The number of hydrogen-bond acceptors (Lipinski definition) is 5. The van der Waals surface area contributed by atoms with E-state index in [2.05, 4.69) is 59.2 Å². The van der Waals surface area contributed by atoms with Crippen LogP contribution < -0.4 is 10.6 Å². The Bertz CT molecular complexity index is 941. The van der Waals surface area contributed by atoms with E-state index in [0.29, 0.717) is 13.1 Å². The average molecular weight is 543 g/mol. The fraction of sp³-hybridized carbons (Fsp3) is 0.278. The molecule has 0 atom stereocenters. The first-order valence-electron chi connectivity index (χ1n) is 8.33. The van der Waals surface area contributed by atoms with Gasteiger partial charge in [0.05, 0.1) is 22.9 Å². The number of alkyl halides is 1. The van der Waals surface area contributed by atoms with Crippen LogP contribution >= 0.6 is 38.5 Å². The quantitative estimate of drug-likeness (QED) is 0.353. The molecule has 1 amide bonds. The Labute approximate surface area is 179 Å². The summed E-state index contributed by atoms with van der Waals surface area (Å²) >= 11 is 5.79. The van der Waals surface area contributed by atoms with Crippen molar-refractivity contribution in [3.8, 4) is 0 Å². The predicted octanol–water partition coefficient (Wildman–Crippen LogP) is 3.54. The summed E-state index contributed by atoms with van der Waals surface area (Å²) in [4.78, 5) is 18.2. The Morgan fingerprint density at radius 3 is 2.70 bits per heavy atom. The van der Waals surface area contributed by atoms with E-state index in [1.807, 2.05) is 49.3 Å². The maximum atomic E-state index is 11.8. The molecule has 0 spiro atoms. The van der Waals surface area contributed by atoms with Crippen LogP contribution in [0.3, 0.4) is 0 Å². The lowest BCUT2D eigenvalue weighted by molar-refractivity contribution is -0.116. The van der Waals surface area contributed by atoms with Crippen molar-refractivity contribution in [1.29, 1.82) is 0 Å². The minimum atomic E-state index is -0.0272. The van der Waals surface area contributed by atoms with E-state index >= 15 is 0 Å². The third-order valence-electron chi connectivity index (χ3n) is 3.79. The van der Waals surface area contributed by atoms with Gasteiger partial charge < -0.3 is 15.5 Å². The first kappa shape index (κ1) is 20.0. The number of benzene rings is 1. The van der Waals surface area contributed by atoms with Crippen molar-refractivity contribution in [2.45, 2.75) is 11.0 Å². The van der Waals surface area contributed by atoms with Gasteiger partial charge in [0.1, 0.15) is 5.82 Å². The van der Waals surface area contributed by atoms with Gasteiger partial charge >= 0.3 is 0 Å². The Morgan fingerprint density at radius 1 is 1.30 bits per heavy atom. The highest BCUT2D eigenvalue weighted by atomic mass is 127. The molecule has 0 fully saturated rings. The molecule has 2 aromatic heterocycles. The molecular formula is C18H20BrIN6O. The van der Waals surface area contributed by atoms with Crippen LogP contribution in [0.1, 0.15) is 11.3 Å². The lowest BCUT2D eigenvalue weighted by Gasteiger charge is -2.12. The van der Waals surface area contributed by atoms with Gasteiger partial charge in [0.2, 0.25) is 5.91 Å². The summed E-state index contributed by atoms with van der Waals surface area (Å²) in [5.41, 5.74) is 3.68. The molecule has 1 aromatic carbocycles. The van der Waals surface area contributed by atoms with Crippen molar-refractivity contribution in [2.75, 3.05) is 31.3 Å². The second-order valence-corrected chi connectivity index (χ2v) is 7.95. The summed E-state index contributed by atoms with van der Waals surface area (Å²) in [6, 6.07) is 9.82. The molecule has 27 heavy (non-hydrogen) atoms. The maximum absolute atomic E-state index is 11.8. The number of likely N-dealkylation sites (N-methyl/N-ethyl adjacent to an activating group) is 1. The van der Waals surface area contributed by atoms with Crippen molar-refractivity contribution in [1.82, 2.24) is 19.5 Å². The molecule has 2 N–H and O–H groups in total. The lowest BCUT2D eigenvalue weighted by Crippen LogP contribution is -2.27. The molecule has 3 rings (SSSR count). The van der Waals surface area contributed by atoms with Crippen LogP contribution in [0.4, 0.5) is 11.5 Å². The Balaban J connectivity index is 1.68. The van der Waals surface area contributed by atoms with Crippen molar-refractivity contribution in [3.63, 3.8) is 0 Å². The van der Waals surface area contributed by atoms with E-state index < -0.39 is 0 Å². The largest absolute Gasteiger partial charge is 0.366 e. The summed E-state index contributed by atoms with van der Waals surface area (Å²) < 4.78 is 3.48. The molecule has 0 aliphatic carbocycles. The molecule has 0 aliphatic rings. The molecule has 0 saturated carbocycles. The van der Waals surface area contributed by atoms with E-state index in [1.54, 1.807) is 10.7 Å². The molecule has 9 heteroatoms. The number of hydrogen-bond donors (Lipinski definition) is 2. The number of halogens is 2. The fourth-order valence-electron chi connectivity index (χ4n) is 2.57. The van der Waals surface area contributed by atoms with Crippen molar-refractivity contribution < 1.29 is 4.79 Å². The zero-order valence-electron chi connectivity index (χ0n) is 15.0. The molecule has 0 saturated heterocycles. The van der Waals surface area contributed by atoms with Crippen molar-refractivity contribution in [3.05, 3.63) is 52.3 Å². The van der Waals surface area contributed by atoms with E-state index in [9.17, 15) is 4.79 Å². The van der Waals surface area contributed by atoms with Crippen LogP contribution in [-0.4, -0.2) is 46.0 Å². The SMILES string of the molecule is CN(C)CC(=O)Nc1ccc(CNc2cc(CI)nc3c(Br)cnn23)cc1. The standard InChI is InChI=1S/C18H20BrIN6O/c1-25(2)11-17(27)23-13-5-3-12(4-6-13)9-21-16-7-14(8-20)24-18-15(19)10-22-26(16)18/h3-7,10,21H,8-9,11H2,1-2H3,(H,23,27). The molecule has 3 aromatic rings. The summed E-state index contributed by atoms with van der Waals surface area (Å²) in [5, 5.41) is 10.7. The predicted molar refractivity (Wildman–Crippen MR) is 119 cm³/mol. The third kappa shape index (κ3) is 5.17. The first-order chi connectivity index (χ1) is 13.0. The van der Waals surface area contributed by atoms with Crippen LogP contribution in [0.2, 0.25) is 0 Å². The van der Waals surface area contributed by atoms with Gasteiger partial charge in [-0.15, -0.1) is 0 Å². The molecule has 7 nitrogen and oxygen atoms in total. The number of amides is 1. The summed E-state index contributed by atoms with van der Waals surface area (Å²) in [6.45, 7) is 1.00. The average Bonchev–Trinajstić information content (AvgIpc) is 3.01. The van der Waals surface area contributed by atoms with Gasteiger partial charge in [0.25, 0.3) is 0 Å². The van der Waals surface area contributed by atoms with Gasteiger partial charge in [-0.3, -0.25) is 4.79 Å². The highest BCUT2D eigenvalue weighted by Crippen LogP contribution is 2.22. The second-order valence-electron chi connectivity index (χ2n) is 6.33. The first-order valence-corrected chi connectivity index (χ1v) is 10.6. The minimum Gasteiger partial charge on any atom is -0.366 e. The van der Waals surface area contributed by atoms with Gasteiger partial charge in [-0.05, 0) is 47.7 Å². The van der Waals surface area contributed by atoms with E-state index in [-0.39, 0.29) is 5.91 Å². The van der Waals surface area contributed by atoms with Crippen LogP contribution in [0.5, 0.6) is 0 Å². The Kier molecular flexibility index (Phi) is 6.66.